The third-order valence-electron chi connectivity index (χ3n) is 4.64. The van der Waals surface area contributed by atoms with Gasteiger partial charge in [-0.25, -0.2) is 0 Å². The zero-order valence-electron chi connectivity index (χ0n) is 15.1. The summed E-state index contributed by atoms with van der Waals surface area (Å²) in [6.07, 6.45) is 9.90. The molecular formula is C18H27N5O2. The monoisotopic (exact) mass is 345 g/mol. The van der Waals surface area contributed by atoms with Gasteiger partial charge in [-0.05, 0) is 38.2 Å². The lowest BCUT2D eigenvalue weighted by Gasteiger charge is -2.35. The van der Waals surface area contributed by atoms with E-state index in [4.69, 9.17) is 4.52 Å². The minimum Gasteiger partial charge on any atom is -0.339 e. The van der Waals surface area contributed by atoms with Crippen LogP contribution in [0.3, 0.4) is 0 Å². The van der Waals surface area contributed by atoms with E-state index >= 15 is 0 Å². The van der Waals surface area contributed by atoms with Crippen molar-refractivity contribution in [2.45, 2.75) is 71.4 Å². The zero-order chi connectivity index (χ0) is 17.6. The fourth-order valence-electron chi connectivity index (χ4n) is 3.38. The van der Waals surface area contributed by atoms with Gasteiger partial charge in [-0.3, -0.25) is 9.48 Å². The highest BCUT2D eigenvalue weighted by atomic mass is 16.5. The van der Waals surface area contributed by atoms with Crippen molar-refractivity contribution in [3.63, 3.8) is 0 Å². The largest absolute Gasteiger partial charge is 0.339 e. The number of carbonyl (C=O) groups excluding carboxylic acids is 1. The second-order valence-electron chi connectivity index (χ2n) is 6.83. The maximum absolute atomic E-state index is 12.7. The van der Waals surface area contributed by atoms with Crippen molar-refractivity contribution in [2.24, 2.45) is 0 Å². The van der Waals surface area contributed by atoms with Gasteiger partial charge in [-0.1, -0.05) is 12.1 Å². The minimum atomic E-state index is 0.170. The Morgan fingerprint density at radius 3 is 3.00 bits per heavy atom. The van der Waals surface area contributed by atoms with Crippen LogP contribution in [0, 0.1) is 6.92 Å². The lowest BCUT2D eigenvalue weighted by Crippen LogP contribution is -2.46. The Morgan fingerprint density at radius 2 is 2.24 bits per heavy atom. The molecule has 2 aromatic rings. The van der Waals surface area contributed by atoms with E-state index < -0.39 is 0 Å². The van der Waals surface area contributed by atoms with E-state index in [2.05, 4.69) is 22.2 Å². The van der Waals surface area contributed by atoms with Crippen LogP contribution < -0.4 is 0 Å². The third kappa shape index (κ3) is 4.67. The van der Waals surface area contributed by atoms with Crippen LogP contribution in [0.15, 0.2) is 16.9 Å². The number of nitrogens with zero attached hydrogens (tertiary/aromatic N) is 5. The first kappa shape index (κ1) is 17.6. The van der Waals surface area contributed by atoms with Crippen LogP contribution in [-0.2, 0) is 24.2 Å². The number of carbonyl (C=O) groups is 1. The molecule has 136 valence electrons. The molecule has 1 aliphatic heterocycles. The van der Waals surface area contributed by atoms with E-state index in [-0.39, 0.29) is 11.9 Å². The van der Waals surface area contributed by atoms with Crippen molar-refractivity contribution >= 4 is 5.91 Å². The van der Waals surface area contributed by atoms with Crippen LogP contribution in [-0.4, -0.2) is 43.3 Å². The van der Waals surface area contributed by atoms with Gasteiger partial charge in [0.25, 0.3) is 0 Å². The highest BCUT2D eigenvalue weighted by molar-refractivity contribution is 5.76. The zero-order valence-corrected chi connectivity index (χ0v) is 15.1. The maximum Gasteiger partial charge on any atom is 0.227 e. The molecule has 0 aliphatic carbocycles. The number of hydrogen-bond acceptors (Lipinski definition) is 5. The Bertz CT molecular complexity index is 693. The Balaban J connectivity index is 1.56. The fraction of sp³-hybridized carbons (Fsp3) is 0.667. The van der Waals surface area contributed by atoms with E-state index in [0.717, 1.165) is 50.2 Å². The second-order valence-corrected chi connectivity index (χ2v) is 6.83. The minimum absolute atomic E-state index is 0.170. The standard InChI is InChI=1S/C18H27N5O2/c1-3-6-16-20-17(25-21-16)8-9-18(24)23-10-5-4-7-15(23)13-22-12-14(2)11-19-22/h11-12,15H,3-10,13H2,1-2H3/t15-/m0/s1. The van der Waals surface area contributed by atoms with Gasteiger partial charge in [-0.15, -0.1) is 0 Å². The van der Waals surface area contributed by atoms with E-state index in [9.17, 15) is 4.79 Å². The Morgan fingerprint density at radius 1 is 1.36 bits per heavy atom. The molecule has 0 unspecified atom stereocenters. The molecule has 1 atom stereocenters. The van der Waals surface area contributed by atoms with Crippen LogP contribution >= 0.6 is 0 Å². The summed E-state index contributed by atoms with van der Waals surface area (Å²) in [5.41, 5.74) is 1.15. The van der Waals surface area contributed by atoms with Gasteiger partial charge in [-0.2, -0.15) is 10.1 Å². The topological polar surface area (TPSA) is 77.0 Å². The Labute approximate surface area is 148 Å². The average Bonchev–Trinajstić information content (AvgIpc) is 3.22. The van der Waals surface area contributed by atoms with E-state index in [1.807, 2.05) is 28.9 Å². The molecule has 2 aromatic heterocycles. The van der Waals surface area contributed by atoms with Crippen LogP contribution in [0.4, 0.5) is 0 Å². The van der Waals surface area contributed by atoms with Gasteiger partial charge in [0.05, 0.1) is 18.8 Å². The van der Waals surface area contributed by atoms with Crippen LogP contribution in [0.25, 0.3) is 0 Å². The van der Waals surface area contributed by atoms with Crippen LogP contribution in [0.2, 0.25) is 0 Å². The highest BCUT2D eigenvalue weighted by Gasteiger charge is 2.27. The molecule has 1 fully saturated rings. The first-order valence-electron chi connectivity index (χ1n) is 9.25. The van der Waals surface area contributed by atoms with Crippen LogP contribution in [0.5, 0.6) is 0 Å². The molecule has 0 radical (unpaired) electrons. The summed E-state index contributed by atoms with van der Waals surface area (Å²) in [6, 6.07) is 0.221. The maximum atomic E-state index is 12.7. The summed E-state index contributed by atoms with van der Waals surface area (Å²) < 4.78 is 7.18. The molecule has 1 aliphatic rings. The molecule has 1 amide bonds. The van der Waals surface area contributed by atoms with Crippen molar-refractivity contribution in [3.8, 4) is 0 Å². The summed E-state index contributed by atoms with van der Waals surface area (Å²) in [5, 5.41) is 8.31. The second kappa shape index (κ2) is 8.27. The lowest BCUT2D eigenvalue weighted by atomic mass is 10.0. The Hall–Kier alpha value is -2.18. The highest BCUT2D eigenvalue weighted by Crippen LogP contribution is 2.20. The van der Waals surface area contributed by atoms with E-state index in [1.165, 1.54) is 6.42 Å². The van der Waals surface area contributed by atoms with E-state index in [0.29, 0.717) is 18.7 Å². The molecule has 7 nitrogen and oxygen atoms in total. The quantitative estimate of drug-likeness (QED) is 0.771. The molecule has 7 heteroatoms. The average molecular weight is 345 g/mol. The molecular weight excluding hydrogens is 318 g/mol. The molecule has 0 saturated carbocycles. The van der Waals surface area contributed by atoms with Crippen molar-refractivity contribution < 1.29 is 9.32 Å². The predicted octanol–water partition coefficient (Wildman–Crippen LogP) is 2.54. The first-order chi connectivity index (χ1) is 12.2. The molecule has 0 spiro atoms. The molecule has 1 saturated heterocycles. The summed E-state index contributed by atoms with van der Waals surface area (Å²) in [6.45, 7) is 5.71. The van der Waals surface area contributed by atoms with Crippen molar-refractivity contribution in [2.75, 3.05) is 6.54 Å². The summed E-state index contributed by atoms with van der Waals surface area (Å²) in [7, 11) is 0. The number of aromatic nitrogens is 4. The number of hydrogen-bond donors (Lipinski definition) is 0. The first-order valence-corrected chi connectivity index (χ1v) is 9.25. The fourth-order valence-corrected chi connectivity index (χ4v) is 3.38. The van der Waals surface area contributed by atoms with Gasteiger partial charge in [0.2, 0.25) is 11.8 Å². The van der Waals surface area contributed by atoms with Gasteiger partial charge in [0, 0.05) is 32.0 Å². The van der Waals surface area contributed by atoms with Crippen molar-refractivity contribution in [1.82, 2.24) is 24.8 Å². The normalized spacial score (nSPS) is 17.8. The van der Waals surface area contributed by atoms with Gasteiger partial charge < -0.3 is 9.42 Å². The summed E-state index contributed by atoms with van der Waals surface area (Å²) >= 11 is 0. The van der Waals surface area contributed by atoms with Crippen LogP contribution in [0.1, 0.15) is 56.3 Å². The molecule has 3 rings (SSSR count). The third-order valence-corrected chi connectivity index (χ3v) is 4.64. The predicted molar refractivity (Wildman–Crippen MR) is 92.9 cm³/mol. The van der Waals surface area contributed by atoms with Crippen molar-refractivity contribution in [3.05, 3.63) is 29.7 Å². The number of piperidine rings is 1. The SMILES string of the molecule is CCCc1noc(CCC(=O)N2CCCC[C@H]2Cn2cc(C)cn2)n1. The molecule has 25 heavy (non-hydrogen) atoms. The molecule has 0 bridgehead atoms. The molecule has 3 heterocycles. The van der Waals surface area contributed by atoms with Gasteiger partial charge in [0.1, 0.15) is 0 Å². The molecule has 0 aromatic carbocycles. The number of aryl methyl sites for hydroxylation is 3. The van der Waals surface area contributed by atoms with Crippen molar-refractivity contribution in [1.29, 1.82) is 0 Å². The molecule has 0 N–H and O–H groups in total. The van der Waals surface area contributed by atoms with E-state index in [1.54, 1.807) is 0 Å². The summed E-state index contributed by atoms with van der Waals surface area (Å²) in [5.74, 6) is 1.46. The van der Waals surface area contributed by atoms with Gasteiger partial charge >= 0.3 is 0 Å². The lowest BCUT2D eigenvalue weighted by molar-refractivity contribution is -0.135. The van der Waals surface area contributed by atoms with Gasteiger partial charge in [0.15, 0.2) is 5.82 Å². The number of amides is 1. The smallest absolute Gasteiger partial charge is 0.227 e. The summed E-state index contributed by atoms with van der Waals surface area (Å²) in [4.78, 5) is 19.1. The Kier molecular flexibility index (Phi) is 5.83. The number of likely N-dealkylation sites (tertiary alicyclic amines) is 1. The number of rotatable bonds is 7.